The third-order valence-electron chi connectivity index (χ3n) is 5.29. The summed E-state index contributed by atoms with van der Waals surface area (Å²) in [5, 5.41) is 13.5. The highest BCUT2D eigenvalue weighted by Crippen LogP contribution is 2.30. The normalized spacial score (nSPS) is 16.8. The number of hydrogen-bond acceptors (Lipinski definition) is 5. The number of nitrogens with zero attached hydrogens (tertiary/aromatic N) is 3. The molecule has 1 aliphatic heterocycles. The smallest absolute Gasteiger partial charge is 0.276 e. The van der Waals surface area contributed by atoms with Crippen LogP contribution in [0.1, 0.15) is 36.7 Å². The number of piperidine rings is 1. The highest BCUT2D eigenvalue weighted by Gasteiger charge is 2.24. The molecule has 1 aliphatic rings. The molecule has 1 unspecified atom stereocenters. The second kappa shape index (κ2) is 7.84. The van der Waals surface area contributed by atoms with Gasteiger partial charge in [0.2, 0.25) is 0 Å². The molecule has 0 radical (unpaired) electrons. The molecule has 0 saturated carbocycles. The zero-order valence-electron chi connectivity index (χ0n) is 16.2. The van der Waals surface area contributed by atoms with E-state index in [4.69, 9.17) is 4.74 Å². The molecule has 1 atom stereocenters. The van der Waals surface area contributed by atoms with Crippen LogP contribution in [-0.2, 0) is 0 Å². The maximum atomic E-state index is 12.9. The highest BCUT2D eigenvalue weighted by molar-refractivity contribution is 6.12. The van der Waals surface area contributed by atoms with Gasteiger partial charge in [0.05, 0.1) is 7.11 Å². The van der Waals surface area contributed by atoms with E-state index < -0.39 is 0 Å². The van der Waals surface area contributed by atoms with Gasteiger partial charge in [0.15, 0.2) is 11.5 Å². The van der Waals surface area contributed by atoms with Crippen molar-refractivity contribution in [2.75, 3.05) is 23.9 Å². The lowest BCUT2D eigenvalue weighted by atomic mass is 10.0. The van der Waals surface area contributed by atoms with Gasteiger partial charge in [-0.3, -0.25) is 4.79 Å². The quantitative estimate of drug-likeness (QED) is 0.736. The first-order chi connectivity index (χ1) is 13.7. The van der Waals surface area contributed by atoms with E-state index in [1.807, 2.05) is 42.5 Å². The van der Waals surface area contributed by atoms with Gasteiger partial charge in [0.25, 0.3) is 5.91 Å². The first-order valence-electron chi connectivity index (χ1n) is 9.65. The molecule has 1 aromatic heterocycles. The van der Waals surface area contributed by atoms with E-state index in [0.29, 0.717) is 23.2 Å². The van der Waals surface area contributed by atoms with Crippen LogP contribution in [0.3, 0.4) is 0 Å². The lowest BCUT2D eigenvalue weighted by molar-refractivity contribution is 0.102. The van der Waals surface area contributed by atoms with Gasteiger partial charge in [-0.1, -0.05) is 30.3 Å². The Morgan fingerprint density at radius 1 is 1.11 bits per heavy atom. The first-order valence-corrected chi connectivity index (χ1v) is 9.65. The van der Waals surface area contributed by atoms with Crippen LogP contribution in [-0.4, -0.2) is 35.8 Å². The molecule has 4 rings (SSSR count). The molecule has 1 fully saturated rings. The largest absolute Gasteiger partial charge is 0.497 e. The minimum absolute atomic E-state index is 0.282. The van der Waals surface area contributed by atoms with Crippen LogP contribution in [0.5, 0.6) is 5.75 Å². The molecule has 0 bridgehead atoms. The fourth-order valence-corrected chi connectivity index (χ4v) is 3.77. The van der Waals surface area contributed by atoms with Crippen molar-refractivity contribution in [3.8, 4) is 5.75 Å². The van der Waals surface area contributed by atoms with E-state index in [2.05, 4.69) is 27.3 Å². The number of aromatic nitrogens is 2. The lowest BCUT2D eigenvalue weighted by Gasteiger charge is -2.34. The van der Waals surface area contributed by atoms with Crippen LogP contribution in [0, 0.1) is 0 Å². The number of amides is 1. The minimum Gasteiger partial charge on any atom is -0.497 e. The van der Waals surface area contributed by atoms with Gasteiger partial charge in [-0.25, -0.2) is 0 Å². The number of rotatable bonds is 4. The van der Waals surface area contributed by atoms with E-state index >= 15 is 0 Å². The van der Waals surface area contributed by atoms with E-state index in [0.717, 1.165) is 36.0 Å². The van der Waals surface area contributed by atoms with Crippen molar-refractivity contribution in [3.05, 3.63) is 54.2 Å². The molecule has 0 spiro atoms. The van der Waals surface area contributed by atoms with Crippen LogP contribution in [0.15, 0.2) is 48.5 Å². The van der Waals surface area contributed by atoms with Gasteiger partial charge in [0.1, 0.15) is 5.75 Å². The van der Waals surface area contributed by atoms with Crippen LogP contribution < -0.4 is 15.0 Å². The second-order valence-corrected chi connectivity index (χ2v) is 7.14. The summed E-state index contributed by atoms with van der Waals surface area (Å²) in [4.78, 5) is 15.2. The fourth-order valence-electron chi connectivity index (χ4n) is 3.77. The van der Waals surface area contributed by atoms with Crippen molar-refractivity contribution in [2.24, 2.45) is 0 Å². The van der Waals surface area contributed by atoms with Crippen LogP contribution in [0.25, 0.3) is 10.8 Å². The monoisotopic (exact) mass is 376 g/mol. The van der Waals surface area contributed by atoms with Crippen LogP contribution in [0.2, 0.25) is 0 Å². The lowest BCUT2D eigenvalue weighted by Crippen LogP contribution is -2.38. The predicted molar refractivity (Wildman–Crippen MR) is 111 cm³/mol. The standard InChI is InChI=1S/C22H24N4O2/c1-15-8-5-6-13-26(15)21-19-12-4-3-11-18(19)20(24-25-21)22(27)23-16-9-7-10-17(14-16)28-2/h3-4,7,9-12,14-15H,5-6,8,13H2,1-2H3,(H,23,27). The third kappa shape index (κ3) is 3.50. The van der Waals surface area contributed by atoms with Crippen molar-refractivity contribution in [1.29, 1.82) is 0 Å². The Balaban J connectivity index is 1.70. The summed E-state index contributed by atoms with van der Waals surface area (Å²) < 4.78 is 5.22. The summed E-state index contributed by atoms with van der Waals surface area (Å²) >= 11 is 0. The number of hydrogen-bond donors (Lipinski definition) is 1. The number of nitrogens with one attached hydrogen (secondary N) is 1. The molecular formula is C22H24N4O2. The number of anilines is 2. The summed E-state index contributed by atoms with van der Waals surface area (Å²) in [6.45, 7) is 3.19. The molecule has 6 nitrogen and oxygen atoms in total. The fraction of sp³-hybridized carbons (Fsp3) is 0.318. The van der Waals surface area contributed by atoms with E-state index in [1.165, 1.54) is 6.42 Å². The second-order valence-electron chi connectivity index (χ2n) is 7.14. The Bertz CT molecular complexity index is 1000. The zero-order chi connectivity index (χ0) is 19.5. The number of ether oxygens (including phenoxy) is 1. The highest BCUT2D eigenvalue weighted by atomic mass is 16.5. The molecule has 6 heteroatoms. The maximum Gasteiger partial charge on any atom is 0.276 e. The van der Waals surface area contributed by atoms with Gasteiger partial charge >= 0.3 is 0 Å². The SMILES string of the molecule is COc1cccc(NC(=O)c2nnc(N3CCCCC3C)c3ccccc23)c1. The molecule has 1 amide bonds. The summed E-state index contributed by atoms with van der Waals surface area (Å²) in [6, 6.07) is 15.5. The van der Waals surface area contributed by atoms with E-state index in [1.54, 1.807) is 13.2 Å². The molecule has 144 valence electrons. The molecule has 0 aliphatic carbocycles. The first kappa shape index (κ1) is 18.2. The van der Waals surface area contributed by atoms with Crippen molar-refractivity contribution < 1.29 is 9.53 Å². The van der Waals surface area contributed by atoms with Crippen molar-refractivity contribution >= 4 is 28.2 Å². The van der Waals surface area contributed by atoms with E-state index in [-0.39, 0.29) is 5.91 Å². The Morgan fingerprint density at radius 3 is 2.71 bits per heavy atom. The topological polar surface area (TPSA) is 67.3 Å². The Hall–Kier alpha value is -3.15. The molecule has 2 aromatic carbocycles. The maximum absolute atomic E-state index is 12.9. The number of methoxy groups -OCH3 is 1. The number of fused-ring (bicyclic) bond motifs is 1. The molecule has 1 N–H and O–H groups in total. The third-order valence-corrected chi connectivity index (χ3v) is 5.29. The van der Waals surface area contributed by atoms with Gasteiger partial charge in [0, 0.05) is 35.1 Å². The van der Waals surface area contributed by atoms with Crippen LogP contribution >= 0.6 is 0 Å². The Labute approximate surface area is 164 Å². The van der Waals surface area contributed by atoms with Gasteiger partial charge in [-0.15, -0.1) is 10.2 Å². The molecular weight excluding hydrogens is 352 g/mol. The zero-order valence-corrected chi connectivity index (χ0v) is 16.2. The molecule has 2 heterocycles. The summed E-state index contributed by atoms with van der Waals surface area (Å²) in [5.41, 5.74) is 0.982. The Kier molecular flexibility index (Phi) is 5.10. The van der Waals surface area contributed by atoms with Crippen molar-refractivity contribution in [1.82, 2.24) is 10.2 Å². The van der Waals surface area contributed by atoms with Gasteiger partial charge in [-0.2, -0.15) is 0 Å². The van der Waals surface area contributed by atoms with Crippen molar-refractivity contribution in [3.63, 3.8) is 0 Å². The average Bonchev–Trinajstić information content (AvgIpc) is 2.73. The number of carbonyl (C=O) groups is 1. The van der Waals surface area contributed by atoms with E-state index in [9.17, 15) is 4.79 Å². The minimum atomic E-state index is -0.282. The van der Waals surface area contributed by atoms with Crippen LogP contribution in [0.4, 0.5) is 11.5 Å². The summed E-state index contributed by atoms with van der Waals surface area (Å²) in [6.07, 6.45) is 3.54. The van der Waals surface area contributed by atoms with Gasteiger partial charge < -0.3 is 15.0 Å². The van der Waals surface area contributed by atoms with Gasteiger partial charge in [-0.05, 0) is 38.3 Å². The summed E-state index contributed by atoms with van der Waals surface area (Å²) in [5.74, 6) is 1.26. The van der Waals surface area contributed by atoms with Crippen molar-refractivity contribution in [2.45, 2.75) is 32.2 Å². The Morgan fingerprint density at radius 2 is 1.93 bits per heavy atom. The molecule has 1 saturated heterocycles. The number of carbonyl (C=O) groups excluding carboxylic acids is 1. The number of benzene rings is 2. The molecule has 3 aromatic rings. The summed E-state index contributed by atoms with van der Waals surface area (Å²) in [7, 11) is 1.60. The molecule has 28 heavy (non-hydrogen) atoms. The average molecular weight is 376 g/mol. The predicted octanol–water partition coefficient (Wildman–Crippen LogP) is 4.27.